The van der Waals surface area contributed by atoms with Crippen molar-refractivity contribution >= 4 is 0 Å². The van der Waals surface area contributed by atoms with Crippen LogP contribution in [-0.2, 0) is 0 Å². The molecule has 0 spiro atoms. The first-order valence-corrected chi connectivity index (χ1v) is 10.6. The van der Waals surface area contributed by atoms with Gasteiger partial charge in [-0.3, -0.25) is 9.97 Å². The Balaban J connectivity index is 0.000000260. The van der Waals surface area contributed by atoms with Gasteiger partial charge in [0.15, 0.2) is 0 Å². The first-order chi connectivity index (χ1) is 14.4. The van der Waals surface area contributed by atoms with Crippen LogP contribution in [0.4, 0.5) is 8.78 Å². The molecule has 30 heavy (non-hydrogen) atoms. The molecule has 8 heteroatoms. The second-order valence-electron chi connectivity index (χ2n) is 6.72. The molecule has 2 aromatic heterocycles. The van der Waals surface area contributed by atoms with Crippen LogP contribution < -0.4 is 9.47 Å². The van der Waals surface area contributed by atoms with E-state index in [-0.39, 0.29) is 13.0 Å². The number of halogens is 2. The monoisotopic (exact) mass is 424 g/mol. The molecule has 0 aromatic carbocycles. The third-order valence-corrected chi connectivity index (χ3v) is 4.07. The molecule has 2 aliphatic rings. The van der Waals surface area contributed by atoms with Crippen molar-refractivity contribution in [2.75, 3.05) is 13.2 Å². The van der Waals surface area contributed by atoms with Crippen LogP contribution in [0.3, 0.4) is 0 Å². The molecule has 0 amide bonds. The van der Waals surface area contributed by atoms with E-state index >= 15 is 0 Å². The fourth-order valence-corrected chi connectivity index (χ4v) is 2.03. The van der Waals surface area contributed by atoms with Gasteiger partial charge in [-0.2, -0.15) is 0 Å². The summed E-state index contributed by atoms with van der Waals surface area (Å²) in [6.45, 7) is 12.5. The van der Waals surface area contributed by atoms with Crippen molar-refractivity contribution < 1.29 is 18.3 Å². The second-order valence-corrected chi connectivity index (χ2v) is 6.72. The van der Waals surface area contributed by atoms with Gasteiger partial charge < -0.3 is 9.47 Å². The fourth-order valence-electron chi connectivity index (χ4n) is 2.03. The van der Waals surface area contributed by atoms with E-state index in [1.54, 1.807) is 25.5 Å². The van der Waals surface area contributed by atoms with E-state index in [4.69, 9.17) is 9.47 Å². The standard InChI is InChI=1S/C9H10F2N2O.C9H12N2O.2C2H6/c1-6-3-13-8(4-12-6)14-5-7-2-9(7,10)11;1-7-4-11-9(5-10-7)12-6-8-2-3-8;2*1-2/h3-4,7H,2,5H2,1H3;4-5,8H,2-3,6H2,1H3;2*1-2H3. The molecule has 1 atom stereocenters. The van der Waals surface area contributed by atoms with Crippen LogP contribution in [0.2, 0.25) is 0 Å². The van der Waals surface area contributed by atoms with Gasteiger partial charge in [0.25, 0.3) is 5.92 Å². The molecular weight excluding hydrogens is 390 g/mol. The topological polar surface area (TPSA) is 70.0 Å². The first-order valence-electron chi connectivity index (χ1n) is 10.6. The van der Waals surface area contributed by atoms with Crippen LogP contribution in [0.5, 0.6) is 11.8 Å². The summed E-state index contributed by atoms with van der Waals surface area (Å²) in [5, 5.41) is 0. The van der Waals surface area contributed by atoms with E-state index in [1.807, 2.05) is 34.6 Å². The predicted molar refractivity (Wildman–Crippen MR) is 113 cm³/mol. The van der Waals surface area contributed by atoms with Crippen molar-refractivity contribution in [1.82, 2.24) is 19.9 Å². The smallest absolute Gasteiger partial charge is 0.255 e. The van der Waals surface area contributed by atoms with Crippen molar-refractivity contribution in [3.63, 3.8) is 0 Å². The van der Waals surface area contributed by atoms with Gasteiger partial charge in [-0.1, -0.05) is 27.7 Å². The largest absolute Gasteiger partial charge is 0.476 e. The summed E-state index contributed by atoms with van der Waals surface area (Å²) in [4.78, 5) is 16.0. The number of aromatic nitrogens is 4. The third-order valence-electron chi connectivity index (χ3n) is 4.07. The maximum absolute atomic E-state index is 12.4. The van der Waals surface area contributed by atoms with Gasteiger partial charge in [0.05, 0.1) is 55.3 Å². The second kappa shape index (κ2) is 13.0. The van der Waals surface area contributed by atoms with Gasteiger partial charge in [0, 0.05) is 6.42 Å². The summed E-state index contributed by atoms with van der Waals surface area (Å²) in [5.74, 6) is -1.46. The molecule has 2 heterocycles. The molecule has 0 radical (unpaired) electrons. The molecule has 2 fully saturated rings. The van der Waals surface area contributed by atoms with E-state index in [1.165, 1.54) is 19.0 Å². The molecule has 4 rings (SSSR count). The van der Waals surface area contributed by atoms with Crippen molar-refractivity contribution in [2.45, 2.75) is 66.7 Å². The van der Waals surface area contributed by atoms with Crippen molar-refractivity contribution in [3.8, 4) is 11.8 Å². The van der Waals surface area contributed by atoms with Gasteiger partial charge in [0.1, 0.15) is 0 Å². The van der Waals surface area contributed by atoms with E-state index in [9.17, 15) is 8.78 Å². The Kier molecular flexibility index (Phi) is 11.1. The van der Waals surface area contributed by atoms with E-state index < -0.39 is 11.8 Å². The molecule has 168 valence electrons. The predicted octanol–water partition coefficient (Wildman–Crippen LogP) is 5.45. The van der Waals surface area contributed by atoms with Gasteiger partial charge in [-0.15, -0.1) is 0 Å². The molecular formula is C22H34F2N4O2. The number of hydrogen-bond acceptors (Lipinski definition) is 6. The average molecular weight is 425 g/mol. The zero-order valence-corrected chi connectivity index (χ0v) is 18.9. The molecule has 2 aliphatic carbocycles. The Morgan fingerprint density at radius 1 is 0.800 bits per heavy atom. The number of hydrogen-bond donors (Lipinski definition) is 0. The number of aryl methyl sites for hydroxylation is 2. The summed E-state index contributed by atoms with van der Waals surface area (Å²) in [6.07, 6.45) is 8.92. The lowest BCUT2D eigenvalue weighted by Gasteiger charge is -2.03. The Morgan fingerprint density at radius 3 is 1.57 bits per heavy atom. The number of ether oxygens (including phenoxy) is 2. The van der Waals surface area contributed by atoms with Crippen molar-refractivity contribution in [2.24, 2.45) is 11.8 Å². The van der Waals surface area contributed by atoms with Crippen molar-refractivity contribution in [1.29, 1.82) is 0 Å². The molecule has 0 aliphatic heterocycles. The third kappa shape index (κ3) is 9.89. The first kappa shape index (κ1) is 25.7. The molecule has 0 saturated heterocycles. The SMILES string of the molecule is CC.CC.Cc1cnc(OCC2CC2(F)F)cn1.Cc1cnc(OCC2CC2)cn1. The zero-order valence-electron chi connectivity index (χ0n) is 18.9. The van der Waals surface area contributed by atoms with Crippen molar-refractivity contribution in [3.05, 3.63) is 36.2 Å². The van der Waals surface area contributed by atoms with Crippen LogP contribution in [0.1, 0.15) is 58.3 Å². The summed E-state index contributed by atoms with van der Waals surface area (Å²) >= 11 is 0. The minimum Gasteiger partial charge on any atom is -0.476 e. The molecule has 6 nitrogen and oxygen atoms in total. The maximum Gasteiger partial charge on any atom is 0.255 e. The van der Waals surface area contributed by atoms with Gasteiger partial charge >= 0.3 is 0 Å². The zero-order chi connectivity index (χ0) is 22.6. The molecule has 1 unspecified atom stereocenters. The van der Waals surface area contributed by atoms with Gasteiger partial charge in [0.2, 0.25) is 11.8 Å². The van der Waals surface area contributed by atoms with Crippen LogP contribution in [0.25, 0.3) is 0 Å². The Bertz CT molecular complexity index is 708. The van der Waals surface area contributed by atoms with Gasteiger partial charge in [-0.05, 0) is 32.6 Å². The quantitative estimate of drug-likeness (QED) is 0.614. The Hall–Kier alpha value is -2.38. The van der Waals surface area contributed by atoms with E-state index in [0.29, 0.717) is 11.8 Å². The lowest BCUT2D eigenvalue weighted by molar-refractivity contribution is 0.0849. The molecule has 2 saturated carbocycles. The Labute approximate surface area is 178 Å². The number of rotatable bonds is 6. The van der Waals surface area contributed by atoms with E-state index in [2.05, 4.69) is 19.9 Å². The molecule has 2 aromatic rings. The highest BCUT2D eigenvalue weighted by Crippen LogP contribution is 2.48. The highest BCUT2D eigenvalue weighted by molar-refractivity contribution is 5.07. The Morgan fingerprint density at radius 2 is 1.23 bits per heavy atom. The summed E-state index contributed by atoms with van der Waals surface area (Å²) in [7, 11) is 0. The summed E-state index contributed by atoms with van der Waals surface area (Å²) in [5.41, 5.74) is 1.70. The highest BCUT2D eigenvalue weighted by Gasteiger charge is 2.57. The van der Waals surface area contributed by atoms with Crippen LogP contribution in [0, 0.1) is 25.7 Å². The van der Waals surface area contributed by atoms with Crippen LogP contribution in [0.15, 0.2) is 24.8 Å². The minimum absolute atomic E-state index is 0.0186. The van der Waals surface area contributed by atoms with Gasteiger partial charge in [-0.25, -0.2) is 18.7 Å². The summed E-state index contributed by atoms with van der Waals surface area (Å²) in [6, 6.07) is 0. The minimum atomic E-state index is -2.53. The summed E-state index contributed by atoms with van der Waals surface area (Å²) < 4.78 is 35.4. The number of nitrogens with zero attached hydrogens (tertiary/aromatic N) is 4. The number of alkyl halides is 2. The average Bonchev–Trinajstić information content (AvgIpc) is 3.69. The molecule has 0 N–H and O–H groups in total. The lowest BCUT2D eigenvalue weighted by Crippen LogP contribution is -2.06. The van der Waals surface area contributed by atoms with Crippen LogP contribution in [-0.4, -0.2) is 39.1 Å². The lowest BCUT2D eigenvalue weighted by atomic mass is 10.4. The molecule has 0 bridgehead atoms. The highest BCUT2D eigenvalue weighted by atomic mass is 19.3. The normalized spacial score (nSPS) is 17.7. The van der Waals surface area contributed by atoms with E-state index in [0.717, 1.165) is 23.9 Å². The maximum atomic E-state index is 12.4. The fraction of sp³-hybridized carbons (Fsp3) is 0.636. The van der Waals surface area contributed by atoms with Crippen LogP contribution >= 0.6 is 0 Å².